The predicted molar refractivity (Wildman–Crippen MR) is 125 cm³/mol. The number of thiazole rings is 1. The third-order valence-corrected chi connectivity index (χ3v) is 6.35. The standard InChI is InChI=1S/C21H22F4N6O6S/c22-14-5-12(30-8-13(37-21(30)35)7-26-18(33)17(24)25)6-15(23)16(14)29-1-2-31(36-4-3-29)20(34)28-19-27-11(9-32)10-38-19/h5-6,10,13,17,32H,1-4,7-9H2,(H,26,33)(H,27,28,34). The Balaban J connectivity index is 1.38. The van der Waals surface area contributed by atoms with E-state index in [1.165, 1.54) is 4.90 Å². The molecule has 2 aromatic rings. The van der Waals surface area contributed by atoms with E-state index in [4.69, 9.17) is 14.7 Å². The average molecular weight is 563 g/mol. The summed E-state index contributed by atoms with van der Waals surface area (Å²) >= 11 is 1.11. The molecule has 2 aliphatic rings. The molecule has 0 radical (unpaired) electrons. The summed E-state index contributed by atoms with van der Waals surface area (Å²) in [6.45, 7) is -0.957. The van der Waals surface area contributed by atoms with E-state index >= 15 is 8.78 Å². The van der Waals surface area contributed by atoms with Crippen molar-refractivity contribution in [3.05, 3.63) is 34.8 Å². The van der Waals surface area contributed by atoms with Crippen LogP contribution in [0.15, 0.2) is 17.5 Å². The lowest BCUT2D eigenvalue weighted by atomic mass is 10.2. The molecular weight excluding hydrogens is 540 g/mol. The van der Waals surface area contributed by atoms with Crippen molar-refractivity contribution in [3.8, 4) is 0 Å². The molecule has 3 N–H and O–H groups in total. The van der Waals surface area contributed by atoms with E-state index in [1.807, 2.05) is 5.32 Å². The third-order valence-electron chi connectivity index (χ3n) is 5.54. The minimum atomic E-state index is -3.23. The van der Waals surface area contributed by atoms with Gasteiger partial charge in [0, 0.05) is 30.6 Å². The van der Waals surface area contributed by atoms with Crippen LogP contribution in [0.4, 0.5) is 43.7 Å². The number of carbonyl (C=O) groups excluding carboxylic acids is 3. The average Bonchev–Trinajstić information content (AvgIpc) is 3.40. The van der Waals surface area contributed by atoms with Crippen LogP contribution in [0.2, 0.25) is 0 Å². The summed E-state index contributed by atoms with van der Waals surface area (Å²) in [6.07, 6.45) is -5.18. The molecule has 38 heavy (non-hydrogen) atoms. The van der Waals surface area contributed by atoms with Crippen molar-refractivity contribution in [1.82, 2.24) is 15.4 Å². The fourth-order valence-corrected chi connectivity index (χ4v) is 4.46. The molecule has 0 saturated carbocycles. The zero-order valence-electron chi connectivity index (χ0n) is 19.5. The number of aliphatic hydroxyl groups is 1. The molecule has 206 valence electrons. The number of aliphatic hydroxyl groups excluding tert-OH is 1. The number of urea groups is 1. The molecule has 1 aromatic carbocycles. The van der Waals surface area contributed by atoms with Gasteiger partial charge in [-0.2, -0.15) is 8.78 Å². The van der Waals surface area contributed by atoms with E-state index in [1.54, 1.807) is 5.38 Å². The molecule has 2 saturated heterocycles. The van der Waals surface area contributed by atoms with E-state index in [9.17, 15) is 23.2 Å². The highest BCUT2D eigenvalue weighted by atomic mass is 32.1. The molecule has 0 spiro atoms. The van der Waals surface area contributed by atoms with Crippen LogP contribution in [0.5, 0.6) is 0 Å². The highest BCUT2D eigenvalue weighted by Gasteiger charge is 2.34. The van der Waals surface area contributed by atoms with Crippen LogP contribution in [0.25, 0.3) is 0 Å². The van der Waals surface area contributed by atoms with Gasteiger partial charge in [0.05, 0.1) is 44.2 Å². The van der Waals surface area contributed by atoms with Gasteiger partial charge in [-0.1, -0.05) is 0 Å². The highest BCUT2D eigenvalue weighted by Crippen LogP contribution is 2.31. The lowest BCUT2D eigenvalue weighted by molar-refractivity contribution is -0.132. The number of carbonyl (C=O) groups is 3. The summed E-state index contributed by atoms with van der Waals surface area (Å²) < 4.78 is 59.8. The molecule has 4 rings (SSSR count). The topological polar surface area (TPSA) is 137 Å². The number of amides is 4. The SMILES string of the molecule is O=C(NCC1CN(c2cc(F)c(N3CCON(C(=O)Nc4nc(CO)cs4)CC3)c(F)c2)C(=O)O1)C(F)F. The number of anilines is 3. The number of cyclic esters (lactones) is 1. The number of rotatable bonds is 7. The maximum absolute atomic E-state index is 15.1. The zero-order valence-corrected chi connectivity index (χ0v) is 20.4. The molecule has 0 bridgehead atoms. The first-order valence-corrected chi connectivity index (χ1v) is 12.1. The van der Waals surface area contributed by atoms with Gasteiger partial charge in [0.2, 0.25) is 0 Å². The number of hydrogen-bond donors (Lipinski definition) is 3. The van der Waals surface area contributed by atoms with Crippen LogP contribution in [-0.2, 0) is 21.0 Å². The summed E-state index contributed by atoms with van der Waals surface area (Å²) in [6, 6.07) is 1.21. The first-order chi connectivity index (χ1) is 18.2. The van der Waals surface area contributed by atoms with Crippen LogP contribution >= 0.6 is 11.3 Å². The van der Waals surface area contributed by atoms with Gasteiger partial charge in [-0.05, 0) is 0 Å². The van der Waals surface area contributed by atoms with Crippen molar-refractivity contribution in [3.63, 3.8) is 0 Å². The van der Waals surface area contributed by atoms with Gasteiger partial charge in [-0.15, -0.1) is 11.3 Å². The van der Waals surface area contributed by atoms with Crippen molar-refractivity contribution in [1.29, 1.82) is 0 Å². The summed E-state index contributed by atoms with van der Waals surface area (Å²) in [5, 5.41) is 16.3. The molecular formula is C21H22F4N6O6S. The van der Waals surface area contributed by atoms with E-state index < -0.39 is 48.7 Å². The summed E-state index contributed by atoms with van der Waals surface area (Å²) in [5.74, 6) is -3.50. The Bertz CT molecular complexity index is 1180. The largest absolute Gasteiger partial charge is 0.442 e. The van der Waals surface area contributed by atoms with Gasteiger partial charge in [0.1, 0.15) is 11.8 Å². The quantitative estimate of drug-likeness (QED) is 0.436. The molecule has 1 atom stereocenters. The molecule has 1 aromatic heterocycles. The Hall–Kier alpha value is -3.70. The van der Waals surface area contributed by atoms with Crippen LogP contribution in [0.1, 0.15) is 5.69 Å². The first-order valence-electron chi connectivity index (χ1n) is 11.2. The van der Waals surface area contributed by atoms with E-state index in [2.05, 4.69) is 10.3 Å². The number of nitrogens with one attached hydrogen (secondary N) is 2. The van der Waals surface area contributed by atoms with Gasteiger partial charge in [-0.25, -0.2) is 28.4 Å². The van der Waals surface area contributed by atoms with Crippen molar-refractivity contribution in [2.75, 3.05) is 54.4 Å². The number of ether oxygens (including phenoxy) is 1. The number of hydrogen-bond acceptors (Lipinski definition) is 9. The Morgan fingerprint density at radius 1 is 1.21 bits per heavy atom. The predicted octanol–water partition coefficient (Wildman–Crippen LogP) is 1.91. The van der Waals surface area contributed by atoms with Gasteiger partial charge >= 0.3 is 18.5 Å². The Morgan fingerprint density at radius 2 is 1.95 bits per heavy atom. The molecule has 3 heterocycles. The number of alkyl halides is 2. The van der Waals surface area contributed by atoms with Crippen molar-refractivity contribution >= 4 is 45.9 Å². The summed E-state index contributed by atoms with van der Waals surface area (Å²) in [4.78, 5) is 47.4. The number of benzene rings is 1. The number of halogens is 4. The second kappa shape index (κ2) is 11.8. The van der Waals surface area contributed by atoms with Crippen LogP contribution < -0.4 is 20.4 Å². The number of hydroxylamine groups is 2. The molecule has 12 nitrogen and oxygen atoms in total. The lowest BCUT2D eigenvalue weighted by Crippen LogP contribution is -2.37. The summed E-state index contributed by atoms with van der Waals surface area (Å²) in [5.41, 5.74) is -0.159. The minimum absolute atomic E-state index is 0.0119. The van der Waals surface area contributed by atoms with Gasteiger partial charge in [-0.3, -0.25) is 19.8 Å². The van der Waals surface area contributed by atoms with E-state index in [0.717, 1.165) is 33.4 Å². The maximum Gasteiger partial charge on any atom is 0.414 e. The molecule has 4 amide bonds. The van der Waals surface area contributed by atoms with Crippen molar-refractivity contribution in [2.45, 2.75) is 19.1 Å². The Labute approximate surface area is 216 Å². The second-order valence-corrected chi connectivity index (χ2v) is 8.93. The molecule has 1 unspecified atom stereocenters. The minimum Gasteiger partial charge on any atom is -0.442 e. The van der Waals surface area contributed by atoms with Gasteiger partial charge < -0.3 is 20.1 Å². The van der Waals surface area contributed by atoms with Crippen molar-refractivity contribution in [2.24, 2.45) is 0 Å². The first kappa shape index (κ1) is 27.3. The van der Waals surface area contributed by atoms with Crippen molar-refractivity contribution < 1.29 is 46.6 Å². The van der Waals surface area contributed by atoms with Crippen LogP contribution in [-0.4, -0.2) is 85.0 Å². The fourth-order valence-electron chi connectivity index (χ4n) is 3.76. The van der Waals surface area contributed by atoms with E-state index in [-0.39, 0.29) is 55.9 Å². The zero-order chi connectivity index (χ0) is 27.4. The summed E-state index contributed by atoms with van der Waals surface area (Å²) in [7, 11) is 0. The lowest BCUT2D eigenvalue weighted by Gasteiger charge is -2.24. The Kier molecular flexibility index (Phi) is 8.48. The van der Waals surface area contributed by atoms with Crippen LogP contribution in [0.3, 0.4) is 0 Å². The van der Waals surface area contributed by atoms with Gasteiger partial charge in [0.15, 0.2) is 16.8 Å². The normalized spacial score (nSPS) is 18.0. The molecule has 2 fully saturated rings. The molecule has 17 heteroatoms. The Morgan fingerprint density at radius 3 is 2.61 bits per heavy atom. The number of nitrogens with zero attached hydrogens (tertiary/aromatic N) is 4. The molecule has 0 aliphatic carbocycles. The fraction of sp³-hybridized carbons (Fsp3) is 0.429. The van der Waals surface area contributed by atoms with Crippen LogP contribution in [0, 0.1) is 11.6 Å². The third kappa shape index (κ3) is 6.22. The maximum atomic E-state index is 15.1. The monoisotopic (exact) mass is 562 g/mol. The smallest absolute Gasteiger partial charge is 0.414 e. The highest BCUT2D eigenvalue weighted by molar-refractivity contribution is 7.13. The second-order valence-electron chi connectivity index (χ2n) is 8.07. The number of aromatic nitrogens is 1. The van der Waals surface area contributed by atoms with Gasteiger partial charge in [0.25, 0.3) is 5.91 Å². The van der Waals surface area contributed by atoms with E-state index in [0.29, 0.717) is 5.69 Å². The molecule has 2 aliphatic heterocycles.